The highest BCUT2D eigenvalue weighted by molar-refractivity contribution is 8.06. The molecule has 2 rings (SSSR count). The number of hydrogen-bond donors (Lipinski definition) is 1. The second-order valence-electron chi connectivity index (χ2n) is 4.88. The van der Waals surface area contributed by atoms with Gasteiger partial charge in [0.15, 0.2) is 5.82 Å². The number of sulfone groups is 1. The van der Waals surface area contributed by atoms with Crippen molar-refractivity contribution in [3.63, 3.8) is 0 Å². The smallest absolute Gasteiger partial charge is 0.243 e. The van der Waals surface area contributed by atoms with E-state index in [0.717, 1.165) is 11.5 Å². The van der Waals surface area contributed by atoms with E-state index in [1.54, 1.807) is 0 Å². The van der Waals surface area contributed by atoms with Crippen molar-refractivity contribution < 1.29 is 12.9 Å². The van der Waals surface area contributed by atoms with E-state index < -0.39 is 15.9 Å². The average molecular weight is 337 g/mol. The molecule has 1 aliphatic heterocycles. The van der Waals surface area contributed by atoms with Crippen LogP contribution in [0.25, 0.3) is 0 Å². The molecule has 0 radical (unpaired) electrons. The summed E-state index contributed by atoms with van der Waals surface area (Å²) in [5, 5.41) is 4.66. The second kappa shape index (κ2) is 6.67. The Kier molecular flexibility index (Phi) is 5.38. The largest absolute Gasteiger partial charge is 0.338 e. The van der Waals surface area contributed by atoms with Gasteiger partial charge >= 0.3 is 0 Å². The zero-order valence-electron chi connectivity index (χ0n) is 11.5. The summed E-state index contributed by atoms with van der Waals surface area (Å²) in [6.45, 7) is 2.15. The maximum absolute atomic E-state index is 11.1. The summed E-state index contributed by atoms with van der Waals surface area (Å²) >= 11 is 3.72. The van der Waals surface area contributed by atoms with Gasteiger partial charge in [-0.3, -0.25) is 0 Å². The van der Waals surface area contributed by atoms with Gasteiger partial charge in [-0.1, -0.05) is 12.1 Å². The number of aromatic nitrogens is 2. The fraction of sp³-hybridized carbons (Fsp3) is 0.818. The van der Waals surface area contributed by atoms with Crippen LogP contribution in [0.2, 0.25) is 0 Å². The third kappa shape index (κ3) is 4.37. The minimum atomic E-state index is -3.03. The third-order valence-electron chi connectivity index (χ3n) is 3.02. The molecule has 0 aromatic carbocycles. The van der Waals surface area contributed by atoms with Gasteiger partial charge in [0.2, 0.25) is 5.89 Å². The summed E-state index contributed by atoms with van der Waals surface area (Å²) in [6, 6.07) is -0.525. The van der Waals surface area contributed by atoms with E-state index >= 15 is 0 Å². The van der Waals surface area contributed by atoms with Crippen molar-refractivity contribution in [2.24, 2.45) is 5.73 Å². The molecule has 2 N–H and O–H groups in total. The van der Waals surface area contributed by atoms with Crippen molar-refractivity contribution in [3.8, 4) is 0 Å². The van der Waals surface area contributed by atoms with Gasteiger partial charge in [0.05, 0.1) is 17.0 Å². The number of hydrogen-bond acceptors (Lipinski definition) is 8. The van der Waals surface area contributed by atoms with E-state index in [-0.39, 0.29) is 11.0 Å². The molecule has 3 atom stereocenters. The van der Waals surface area contributed by atoms with Crippen LogP contribution in [0.15, 0.2) is 4.52 Å². The Balaban J connectivity index is 2.01. The van der Waals surface area contributed by atoms with Gasteiger partial charge in [0.25, 0.3) is 0 Å². The lowest BCUT2D eigenvalue weighted by molar-refractivity contribution is 0.348. The molecule has 20 heavy (non-hydrogen) atoms. The Morgan fingerprint density at radius 1 is 1.45 bits per heavy atom. The number of thioether (sulfide) groups is 2. The van der Waals surface area contributed by atoms with E-state index in [2.05, 4.69) is 17.1 Å². The predicted octanol–water partition coefficient (Wildman–Crippen LogP) is 1.41. The maximum Gasteiger partial charge on any atom is 0.243 e. The molecule has 0 saturated carbocycles. The summed E-state index contributed by atoms with van der Waals surface area (Å²) in [7, 11) is -3.03. The van der Waals surface area contributed by atoms with Crippen LogP contribution in [0.5, 0.6) is 0 Å². The minimum Gasteiger partial charge on any atom is -0.338 e. The lowest BCUT2D eigenvalue weighted by Crippen LogP contribution is -2.18. The van der Waals surface area contributed by atoms with Crippen molar-refractivity contribution in [2.75, 3.05) is 23.5 Å². The quantitative estimate of drug-likeness (QED) is 0.861. The van der Waals surface area contributed by atoms with Gasteiger partial charge in [-0.2, -0.15) is 16.7 Å². The molecule has 1 saturated heterocycles. The van der Waals surface area contributed by atoms with E-state index in [1.165, 1.54) is 6.26 Å². The molecule has 9 heteroatoms. The first-order valence-corrected chi connectivity index (χ1v) is 10.5. The second-order valence-corrected chi connectivity index (χ2v) is 9.88. The van der Waals surface area contributed by atoms with Crippen LogP contribution < -0.4 is 5.73 Å². The van der Waals surface area contributed by atoms with E-state index in [4.69, 9.17) is 10.3 Å². The van der Waals surface area contributed by atoms with Crippen molar-refractivity contribution >= 4 is 33.4 Å². The fourth-order valence-corrected chi connectivity index (χ4v) is 5.26. The van der Waals surface area contributed by atoms with Crippen LogP contribution >= 0.6 is 23.5 Å². The summed E-state index contributed by atoms with van der Waals surface area (Å²) in [4.78, 5) is 4.35. The van der Waals surface area contributed by atoms with E-state index in [1.807, 2.05) is 23.5 Å². The molecule has 114 valence electrons. The van der Waals surface area contributed by atoms with Crippen molar-refractivity contribution in [2.45, 2.75) is 29.9 Å². The van der Waals surface area contributed by atoms with Crippen molar-refractivity contribution in [1.82, 2.24) is 10.1 Å². The minimum absolute atomic E-state index is 0.0241. The van der Waals surface area contributed by atoms with Gasteiger partial charge < -0.3 is 10.3 Å². The van der Waals surface area contributed by atoms with Crippen molar-refractivity contribution in [1.29, 1.82) is 0 Å². The highest BCUT2D eigenvalue weighted by Crippen LogP contribution is 2.41. The van der Waals surface area contributed by atoms with Crippen LogP contribution in [0.1, 0.15) is 36.4 Å². The molecule has 2 heterocycles. The molecule has 0 bridgehead atoms. The normalized spacial score (nSPS) is 25.6. The molecule has 0 spiro atoms. The fourth-order valence-electron chi connectivity index (χ4n) is 1.89. The third-order valence-corrected chi connectivity index (χ3v) is 7.08. The van der Waals surface area contributed by atoms with Crippen LogP contribution in [0.4, 0.5) is 0 Å². The average Bonchev–Trinajstić information content (AvgIpc) is 2.85. The lowest BCUT2D eigenvalue weighted by atomic mass is 10.2. The van der Waals surface area contributed by atoms with Gasteiger partial charge in [0, 0.05) is 23.0 Å². The molecular weight excluding hydrogens is 318 g/mol. The Bertz CT molecular complexity index is 546. The van der Waals surface area contributed by atoms with Crippen LogP contribution in [-0.2, 0) is 9.84 Å². The van der Waals surface area contributed by atoms with Gasteiger partial charge in [-0.15, -0.1) is 11.8 Å². The zero-order valence-corrected chi connectivity index (χ0v) is 13.9. The van der Waals surface area contributed by atoms with Crippen LogP contribution in [0.3, 0.4) is 0 Å². The molecule has 0 aliphatic carbocycles. The SMILES string of the molecule is CC1SCCSC1c1noc(C(N)CCS(C)(=O)=O)n1. The monoisotopic (exact) mass is 337 g/mol. The van der Waals surface area contributed by atoms with Crippen molar-refractivity contribution in [3.05, 3.63) is 11.7 Å². The lowest BCUT2D eigenvalue weighted by Gasteiger charge is -2.24. The van der Waals surface area contributed by atoms with Crippen LogP contribution in [-0.4, -0.2) is 47.3 Å². The van der Waals surface area contributed by atoms with Gasteiger partial charge in [-0.25, -0.2) is 8.42 Å². The number of nitrogens with zero attached hydrogens (tertiary/aromatic N) is 2. The first kappa shape index (κ1) is 16.1. The zero-order chi connectivity index (χ0) is 14.8. The molecule has 1 fully saturated rings. The standard InChI is InChI=1S/C11H19N3O3S3/c1-7-9(19-5-4-18-7)10-13-11(17-14-10)8(12)3-6-20(2,15)16/h7-9H,3-6,12H2,1-2H3. The molecule has 1 aromatic rings. The highest BCUT2D eigenvalue weighted by Gasteiger charge is 2.29. The Hall–Kier alpha value is -0.250. The highest BCUT2D eigenvalue weighted by atomic mass is 32.2. The van der Waals surface area contributed by atoms with Gasteiger partial charge in [-0.05, 0) is 6.42 Å². The number of rotatable bonds is 5. The molecule has 1 aliphatic rings. The molecule has 3 unspecified atom stereocenters. The summed E-state index contributed by atoms with van der Waals surface area (Å²) in [5.41, 5.74) is 5.91. The topological polar surface area (TPSA) is 99.1 Å². The maximum atomic E-state index is 11.1. The van der Waals surface area contributed by atoms with Crippen LogP contribution in [0, 0.1) is 0 Å². The Labute approximate surface area is 127 Å². The Morgan fingerprint density at radius 2 is 2.15 bits per heavy atom. The summed E-state index contributed by atoms with van der Waals surface area (Å²) < 4.78 is 27.5. The summed E-state index contributed by atoms with van der Waals surface area (Å²) in [6.07, 6.45) is 1.49. The first-order valence-electron chi connectivity index (χ1n) is 6.37. The van der Waals surface area contributed by atoms with E-state index in [0.29, 0.717) is 23.4 Å². The molecule has 6 nitrogen and oxygen atoms in total. The predicted molar refractivity (Wildman–Crippen MR) is 82.7 cm³/mol. The molecular formula is C11H19N3O3S3. The molecule has 1 aromatic heterocycles. The Morgan fingerprint density at radius 3 is 2.80 bits per heavy atom. The first-order chi connectivity index (χ1) is 9.37. The van der Waals surface area contributed by atoms with Gasteiger partial charge in [0.1, 0.15) is 9.84 Å². The number of nitrogens with two attached hydrogens (primary N) is 1. The van der Waals surface area contributed by atoms with E-state index in [9.17, 15) is 8.42 Å². The molecule has 0 amide bonds. The summed E-state index contributed by atoms with van der Waals surface area (Å²) in [5.74, 6) is 3.23.